The van der Waals surface area contributed by atoms with E-state index in [4.69, 9.17) is 0 Å². The molecule has 2 N–H and O–H groups in total. The predicted octanol–water partition coefficient (Wildman–Crippen LogP) is 6.18. The predicted molar refractivity (Wildman–Crippen MR) is 120 cm³/mol. The number of hydrogen-bond donors (Lipinski definition) is 2. The molecule has 0 radical (unpaired) electrons. The molecule has 3 aromatic heterocycles. The lowest BCUT2D eigenvalue weighted by Crippen LogP contribution is -1.95. The van der Waals surface area contributed by atoms with Crippen molar-refractivity contribution in [2.45, 2.75) is 12.8 Å². The van der Waals surface area contributed by atoms with Crippen LogP contribution in [0.25, 0.3) is 21.1 Å². The number of thiophene rings is 1. The van der Waals surface area contributed by atoms with Crippen LogP contribution in [0.15, 0.2) is 73.1 Å². The molecule has 0 bridgehead atoms. The molecule has 29 heavy (non-hydrogen) atoms. The van der Waals surface area contributed by atoms with Crippen LogP contribution in [-0.4, -0.2) is 9.97 Å². The maximum atomic E-state index is 9.62. The van der Waals surface area contributed by atoms with Crippen LogP contribution in [0.3, 0.4) is 0 Å². The van der Waals surface area contributed by atoms with E-state index >= 15 is 0 Å². The van der Waals surface area contributed by atoms with Crippen LogP contribution >= 0.6 is 11.3 Å². The number of pyridine rings is 1. The van der Waals surface area contributed by atoms with E-state index < -0.39 is 0 Å². The van der Waals surface area contributed by atoms with E-state index in [1.165, 1.54) is 10.4 Å². The number of nitrogens with zero attached hydrogens (tertiary/aromatic N) is 2. The summed E-state index contributed by atoms with van der Waals surface area (Å²) in [7, 11) is 0. The summed E-state index contributed by atoms with van der Waals surface area (Å²) in [5.74, 6) is 0. The highest BCUT2D eigenvalue weighted by Gasteiger charge is 2.13. The zero-order chi connectivity index (χ0) is 19.6. The van der Waals surface area contributed by atoms with Crippen LogP contribution in [0.2, 0.25) is 0 Å². The van der Waals surface area contributed by atoms with Gasteiger partial charge in [-0.1, -0.05) is 30.3 Å². The second kappa shape index (κ2) is 7.42. The highest BCUT2D eigenvalue weighted by molar-refractivity contribution is 7.18. The number of nitriles is 1. The summed E-state index contributed by atoms with van der Waals surface area (Å²) in [6.07, 6.45) is 5.54. The number of rotatable bonds is 5. The second-order valence-electron chi connectivity index (χ2n) is 6.98. The summed E-state index contributed by atoms with van der Waals surface area (Å²) in [6, 6.07) is 23.1. The molecule has 0 saturated carbocycles. The van der Waals surface area contributed by atoms with Crippen molar-refractivity contribution in [3.63, 3.8) is 0 Å². The van der Waals surface area contributed by atoms with E-state index in [9.17, 15) is 5.26 Å². The third-order valence-electron chi connectivity index (χ3n) is 5.06. The standard InChI is InChI=1S/C24H18N4S/c25-14-18-15-27-24-21(13-20(29-24)8-6-16-4-2-1-3-5-16)23(18)28-19-7-9-22-17(12-19)10-11-26-22/h1-5,7,9-13,15,26H,6,8H2,(H,27,28). The highest BCUT2D eigenvalue weighted by atomic mass is 32.1. The molecule has 5 heteroatoms. The average molecular weight is 395 g/mol. The molecule has 5 rings (SSSR count). The largest absolute Gasteiger partial charge is 0.361 e. The summed E-state index contributed by atoms with van der Waals surface area (Å²) < 4.78 is 0. The topological polar surface area (TPSA) is 64.5 Å². The maximum Gasteiger partial charge on any atom is 0.125 e. The number of H-pyrrole nitrogens is 1. The fraction of sp³-hybridized carbons (Fsp3) is 0.0833. The lowest BCUT2D eigenvalue weighted by Gasteiger charge is -2.09. The Hall–Kier alpha value is -3.62. The third-order valence-corrected chi connectivity index (χ3v) is 6.16. The Kier molecular flexibility index (Phi) is 4.47. The van der Waals surface area contributed by atoms with E-state index in [0.29, 0.717) is 5.56 Å². The lowest BCUT2D eigenvalue weighted by atomic mass is 10.1. The van der Waals surface area contributed by atoms with Crippen LogP contribution < -0.4 is 5.32 Å². The minimum absolute atomic E-state index is 0.555. The Morgan fingerprint density at radius 1 is 1.03 bits per heavy atom. The Balaban J connectivity index is 1.49. The van der Waals surface area contributed by atoms with Gasteiger partial charge in [-0.2, -0.15) is 5.26 Å². The number of fused-ring (bicyclic) bond motifs is 2. The van der Waals surface area contributed by atoms with Gasteiger partial charge in [0.15, 0.2) is 0 Å². The molecule has 0 aliphatic rings. The SMILES string of the molecule is N#Cc1cnc2sc(CCc3ccccc3)cc2c1Nc1ccc2[nH]ccc2c1. The molecule has 0 atom stereocenters. The Labute approximate surface area is 172 Å². The van der Waals surface area contributed by atoms with Gasteiger partial charge in [0.05, 0.1) is 11.3 Å². The maximum absolute atomic E-state index is 9.62. The molecule has 2 aromatic carbocycles. The van der Waals surface area contributed by atoms with Gasteiger partial charge in [0.25, 0.3) is 0 Å². The summed E-state index contributed by atoms with van der Waals surface area (Å²) in [6.45, 7) is 0. The molecule has 0 aliphatic carbocycles. The minimum atomic E-state index is 0.555. The number of anilines is 2. The van der Waals surface area contributed by atoms with Gasteiger partial charge in [-0.3, -0.25) is 0 Å². The van der Waals surface area contributed by atoms with Gasteiger partial charge >= 0.3 is 0 Å². The van der Waals surface area contributed by atoms with Gasteiger partial charge in [-0.25, -0.2) is 4.98 Å². The van der Waals surface area contributed by atoms with Crippen molar-refractivity contribution in [1.82, 2.24) is 9.97 Å². The van der Waals surface area contributed by atoms with Crippen molar-refractivity contribution in [3.05, 3.63) is 89.1 Å². The van der Waals surface area contributed by atoms with Gasteiger partial charge in [-0.15, -0.1) is 11.3 Å². The molecular formula is C24H18N4S. The Morgan fingerprint density at radius 3 is 2.79 bits per heavy atom. The first-order valence-electron chi connectivity index (χ1n) is 9.50. The van der Waals surface area contributed by atoms with Gasteiger partial charge in [0, 0.05) is 39.2 Å². The molecule has 3 heterocycles. The van der Waals surface area contributed by atoms with E-state index in [2.05, 4.69) is 57.8 Å². The van der Waals surface area contributed by atoms with Gasteiger partial charge in [-0.05, 0) is 48.7 Å². The molecule has 5 aromatic rings. The van der Waals surface area contributed by atoms with Crippen LogP contribution in [0.1, 0.15) is 16.0 Å². The van der Waals surface area contributed by atoms with Crippen molar-refractivity contribution in [2.75, 3.05) is 5.32 Å². The van der Waals surface area contributed by atoms with Crippen LogP contribution in [0, 0.1) is 11.3 Å². The zero-order valence-electron chi connectivity index (χ0n) is 15.6. The number of aryl methyl sites for hydroxylation is 2. The third kappa shape index (κ3) is 3.46. The number of aromatic amines is 1. The molecule has 140 valence electrons. The van der Waals surface area contributed by atoms with Crippen LogP contribution in [0.5, 0.6) is 0 Å². The quantitative estimate of drug-likeness (QED) is 0.374. The number of nitrogens with one attached hydrogen (secondary N) is 2. The summed E-state index contributed by atoms with van der Waals surface area (Å²) in [5.41, 5.74) is 4.76. The zero-order valence-corrected chi connectivity index (χ0v) is 16.5. The first-order chi connectivity index (χ1) is 14.3. The van der Waals surface area contributed by atoms with Crippen molar-refractivity contribution >= 4 is 43.8 Å². The molecule has 0 amide bonds. The molecule has 0 aliphatic heterocycles. The number of benzene rings is 2. The average Bonchev–Trinajstić information content (AvgIpc) is 3.39. The summed E-state index contributed by atoms with van der Waals surface area (Å²) >= 11 is 1.70. The number of aromatic nitrogens is 2. The Bertz CT molecular complexity index is 1340. The van der Waals surface area contributed by atoms with Gasteiger partial charge < -0.3 is 10.3 Å². The molecule has 0 spiro atoms. The summed E-state index contributed by atoms with van der Waals surface area (Å²) in [4.78, 5) is 9.96. The van der Waals surface area contributed by atoms with Crippen molar-refractivity contribution in [3.8, 4) is 6.07 Å². The number of hydrogen-bond acceptors (Lipinski definition) is 4. The molecule has 0 unspecified atom stereocenters. The van der Waals surface area contributed by atoms with E-state index in [-0.39, 0.29) is 0 Å². The molecule has 0 fully saturated rings. The molecule has 0 saturated heterocycles. The monoisotopic (exact) mass is 394 g/mol. The van der Waals surface area contributed by atoms with Gasteiger partial charge in [0.1, 0.15) is 10.9 Å². The second-order valence-corrected chi connectivity index (χ2v) is 8.10. The molecular weight excluding hydrogens is 376 g/mol. The highest BCUT2D eigenvalue weighted by Crippen LogP contribution is 2.35. The first-order valence-corrected chi connectivity index (χ1v) is 10.3. The minimum Gasteiger partial charge on any atom is -0.361 e. The molecule has 4 nitrogen and oxygen atoms in total. The van der Waals surface area contributed by atoms with Crippen molar-refractivity contribution < 1.29 is 0 Å². The van der Waals surface area contributed by atoms with Crippen LogP contribution in [0.4, 0.5) is 11.4 Å². The van der Waals surface area contributed by atoms with E-state index in [0.717, 1.165) is 45.3 Å². The Morgan fingerprint density at radius 2 is 1.93 bits per heavy atom. The van der Waals surface area contributed by atoms with E-state index in [1.54, 1.807) is 17.5 Å². The van der Waals surface area contributed by atoms with Crippen LogP contribution in [-0.2, 0) is 12.8 Å². The fourth-order valence-corrected chi connectivity index (χ4v) is 4.57. The summed E-state index contributed by atoms with van der Waals surface area (Å²) in [5, 5.41) is 15.2. The lowest BCUT2D eigenvalue weighted by molar-refractivity contribution is 0.982. The van der Waals surface area contributed by atoms with Gasteiger partial charge in [0.2, 0.25) is 0 Å². The fourth-order valence-electron chi connectivity index (χ4n) is 3.57. The first kappa shape index (κ1) is 17.5. The smallest absolute Gasteiger partial charge is 0.125 e. The van der Waals surface area contributed by atoms with Crippen molar-refractivity contribution in [2.24, 2.45) is 0 Å². The van der Waals surface area contributed by atoms with Crippen molar-refractivity contribution in [1.29, 1.82) is 5.26 Å². The van der Waals surface area contributed by atoms with E-state index in [1.807, 2.05) is 30.5 Å². The normalized spacial score (nSPS) is 11.0.